The molecule has 0 saturated carbocycles. The van der Waals surface area contributed by atoms with Crippen molar-refractivity contribution in [2.45, 2.75) is 44.2 Å². The summed E-state index contributed by atoms with van der Waals surface area (Å²) in [5.41, 5.74) is 2.75. The molecule has 0 bridgehead atoms. The van der Waals surface area contributed by atoms with Crippen LogP contribution in [-0.2, 0) is 4.74 Å². The standard InChI is InChI=1S/C25H32N6O3/c32-24-13-21(29-23-6-1-3-11-31(23)24)25(33)27-15-19-17-30-16-18(7-8-22(30)28-19)14-26-10-9-20-5-2-4-12-34-20/h1,3,6-8,11,13,16-17,20,22,25-28,33H,2,4-5,9-10,12,14-15H2/t20?,22-,25-/m0/s1. The molecule has 3 aliphatic rings. The number of hydrogen-bond donors (Lipinski definition) is 4. The Bertz CT molecular complexity index is 1150. The molecule has 9 heteroatoms. The molecule has 1 unspecified atom stereocenters. The van der Waals surface area contributed by atoms with Crippen molar-refractivity contribution in [1.82, 2.24) is 30.2 Å². The monoisotopic (exact) mass is 464 g/mol. The highest BCUT2D eigenvalue weighted by Gasteiger charge is 2.23. The van der Waals surface area contributed by atoms with Crippen LogP contribution in [0.25, 0.3) is 5.65 Å². The van der Waals surface area contributed by atoms with Crippen molar-refractivity contribution < 1.29 is 9.84 Å². The molecule has 0 radical (unpaired) electrons. The first kappa shape index (κ1) is 22.8. The molecule has 0 aliphatic carbocycles. The summed E-state index contributed by atoms with van der Waals surface area (Å²) < 4.78 is 7.24. The number of nitrogens with zero attached hydrogens (tertiary/aromatic N) is 3. The van der Waals surface area contributed by atoms with Gasteiger partial charge in [0.1, 0.15) is 18.0 Å². The Balaban J connectivity index is 1.11. The summed E-state index contributed by atoms with van der Waals surface area (Å²) in [4.78, 5) is 18.8. The van der Waals surface area contributed by atoms with Crippen LogP contribution in [0.4, 0.5) is 0 Å². The second-order valence-electron chi connectivity index (χ2n) is 8.94. The number of hydrogen-bond acceptors (Lipinski definition) is 8. The van der Waals surface area contributed by atoms with E-state index < -0.39 is 6.23 Å². The number of nitrogens with one attached hydrogen (secondary N) is 3. The molecule has 0 aromatic carbocycles. The van der Waals surface area contributed by atoms with Crippen LogP contribution in [0.3, 0.4) is 0 Å². The van der Waals surface area contributed by atoms with Gasteiger partial charge in [0, 0.05) is 50.1 Å². The zero-order chi connectivity index (χ0) is 23.3. The SMILES string of the molecule is O=c1cc([C@H](O)NCC2=CN3C=C(CNCCC4CCCCO4)C=C[C@H]3N2)nc2ccccn12. The molecule has 5 heterocycles. The number of ether oxygens (including phenoxy) is 1. The molecule has 5 rings (SSSR count). The van der Waals surface area contributed by atoms with E-state index in [4.69, 9.17) is 4.74 Å². The molecule has 3 aliphatic heterocycles. The Kier molecular flexibility index (Phi) is 7.05. The van der Waals surface area contributed by atoms with Crippen LogP contribution in [0, 0.1) is 0 Å². The lowest BCUT2D eigenvalue weighted by molar-refractivity contribution is 0.0117. The number of aliphatic hydroxyl groups excluding tert-OH is 1. The molecule has 0 spiro atoms. The Hall–Kier alpha value is -2.98. The fraction of sp³-hybridized carbons (Fsp3) is 0.440. The van der Waals surface area contributed by atoms with Gasteiger partial charge in [-0.2, -0.15) is 0 Å². The van der Waals surface area contributed by atoms with Gasteiger partial charge < -0.3 is 25.4 Å². The Morgan fingerprint density at radius 2 is 2.21 bits per heavy atom. The Labute approximate surface area is 198 Å². The molecule has 3 atom stereocenters. The number of aliphatic hydroxyl groups is 1. The van der Waals surface area contributed by atoms with Gasteiger partial charge in [-0.15, -0.1) is 0 Å². The molecule has 2 aromatic rings. The van der Waals surface area contributed by atoms with Gasteiger partial charge in [-0.1, -0.05) is 12.1 Å². The van der Waals surface area contributed by atoms with Gasteiger partial charge in [0.15, 0.2) is 0 Å². The number of pyridine rings is 1. The largest absolute Gasteiger partial charge is 0.378 e. The fourth-order valence-corrected chi connectivity index (χ4v) is 4.53. The van der Waals surface area contributed by atoms with Gasteiger partial charge in [-0.05, 0) is 56.0 Å². The van der Waals surface area contributed by atoms with Gasteiger partial charge in [0.05, 0.1) is 11.8 Å². The van der Waals surface area contributed by atoms with Crippen molar-refractivity contribution in [3.05, 3.63) is 82.3 Å². The van der Waals surface area contributed by atoms with E-state index >= 15 is 0 Å². The highest BCUT2D eigenvalue weighted by molar-refractivity contribution is 5.38. The number of aromatic nitrogens is 2. The highest BCUT2D eigenvalue weighted by Crippen LogP contribution is 2.20. The highest BCUT2D eigenvalue weighted by atomic mass is 16.5. The van der Waals surface area contributed by atoms with E-state index in [0.717, 1.165) is 31.8 Å². The molecule has 4 N–H and O–H groups in total. The van der Waals surface area contributed by atoms with Crippen LogP contribution in [0.2, 0.25) is 0 Å². The van der Waals surface area contributed by atoms with Crippen LogP contribution < -0.4 is 21.5 Å². The molecule has 34 heavy (non-hydrogen) atoms. The first-order chi connectivity index (χ1) is 16.7. The smallest absolute Gasteiger partial charge is 0.258 e. The third-order valence-electron chi connectivity index (χ3n) is 6.37. The molecular formula is C25H32N6O3. The molecular weight excluding hydrogens is 432 g/mol. The van der Waals surface area contributed by atoms with E-state index in [0.29, 0.717) is 24.0 Å². The summed E-state index contributed by atoms with van der Waals surface area (Å²) >= 11 is 0. The van der Waals surface area contributed by atoms with Crippen molar-refractivity contribution in [3.8, 4) is 0 Å². The molecule has 1 saturated heterocycles. The Morgan fingerprint density at radius 3 is 3.09 bits per heavy atom. The second-order valence-corrected chi connectivity index (χ2v) is 8.94. The van der Waals surface area contributed by atoms with E-state index in [9.17, 15) is 9.90 Å². The normalized spacial score (nSPS) is 22.8. The fourth-order valence-electron chi connectivity index (χ4n) is 4.53. The lowest BCUT2D eigenvalue weighted by Gasteiger charge is -2.25. The van der Waals surface area contributed by atoms with Crippen molar-refractivity contribution in [1.29, 1.82) is 0 Å². The summed E-state index contributed by atoms with van der Waals surface area (Å²) in [6.07, 6.45) is 14.2. The van der Waals surface area contributed by atoms with Crippen molar-refractivity contribution in [3.63, 3.8) is 0 Å². The summed E-state index contributed by atoms with van der Waals surface area (Å²) in [6, 6.07) is 6.68. The van der Waals surface area contributed by atoms with E-state index in [2.05, 4.69) is 44.2 Å². The zero-order valence-corrected chi connectivity index (χ0v) is 19.2. The number of fused-ring (bicyclic) bond motifs is 2. The average Bonchev–Trinajstić information content (AvgIpc) is 3.28. The molecule has 0 amide bonds. The lowest BCUT2D eigenvalue weighted by atomic mass is 10.1. The molecule has 9 nitrogen and oxygen atoms in total. The van der Waals surface area contributed by atoms with Crippen LogP contribution in [-0.4, -0.2) is 57.9 Å². The lowest BCUT2D eigenvalue weighted by Crippen LogP contribution is -2.36. The maximum absolute atomic E-state index is 12.3. The molecule has 1 fully saturated rings. The average molecular weight is 465 g/mol. The predicted molar refractivity (Wildman–Crippen MR) is 130 cm³/mol. The van der Waals surface area contributed by atoms with Gasteiger partial charge in [0.25, 0.3) is 5.56 Å². The van der Waals surface area contributed by atoms with Crippen LogP contribution in [0.1, 0.15) is 37.6 Å². The van der Waals surface area contributed by atoms with E-state index in [1.54, 1.807) is 18.3 Å². The second kappa shape index (κ2) is 10.5. The van der Waals surface area contributed by atoms with Crippen LogP contribution in [0.15, 0.2) is 71.1 Å². The van der Waals surface area contributed by atoms with Crippen molar-refractivity contribution in [2.75, 3.05) is 26.2 Å². The minimum absolute atomic E-state index is 0.0665. The predicted octanol–water partition coefficient (Wildman–Crippen LogP) is 1.35. The summed E-state index contributed by atoms with van der Waals surface area (Å²) in [5.74, 6) is 0. The molecule has 180 valence electrons. The van der Waals surface area contributed by atoms with Crippen molar-refractivity contribution in [2.24, 2.45) is 0 Å². The molecule has 2 aromatic heterocycles. The van der Waals surface area contributed by atoms with Gasteiger partial charge in [-0.25, -0.2) is 4.98 Å². The Morgan fingerprint density at radius 1 is 1.26 bits per heavy atom. The van der Waals surface area contributed by atoms with E-state index in [1.165, 1.54) is 35.3 Å². The van der Waals surface area contributed by atoms with E-state index in [1.807, 2.05) is 12.3 Å². The van der Waals surface area contributed by atoms with Gasteiger partial charge >= 0.3 is 0 Å². The van der Waals surface area contributed by atoms with Crippen LogP contribution in [0.5, 0.6) is 0 Å². The minimum atomic E-state index is -1.04. The maximum Gasteiger partial charge on any atom is 0.258 e. The first-order valence-electron chi connectivity index (χ1n) is 12.0. The summed E-state index contributed by atoms with van der Waals surface area (Å²) in [5, 5.41) is 20.5. The van der Waals surface area contributed by atoms with Crippen LogP contribution >= 0.6 is 0 Å². The third-order valence-corrected chi connectivity index (χ3v) is 6.37. The quantitative estimate of drug-likeness (QED) is 0.326. The summed E-state index contributed by atoms with van der Waals surface area (Å²) in [7, 11) is 0. The van der Waals surface area contributed by atoms with E-state index in [-0.39, 0.29) is 11.7 Å². The maximum atomic E-state index is 12.3. The first-order valence-corrected chi connectivity index (χ1v) is 12.0. The minimum Gasteiger partial charge on any atom is -0.378 e. The summed E-state index contributed by atoms with van der Waals surface area (Å²) in [6.45, 7) is 3.09. The third kappa shape index (κ3) is 5.39. The van der Waals surface area contributed by atoms with Gasteiger partial charge in [0.2, 0.25) is 0 Å². The number of rotatable bonds is 9. The zero-order valence-electron chi connectivity index (χ0n) is 19.2. The van der Waals surface area contributed by atoms with Crippen molar-refractivity contribution >= 4 is 5.65 Å². The topological polar surface area (TPSA) is 103 Å². The van der Waals surface area contributed by atoms with Gasteiger partial charge in [-0.3, -0.25) is 14.5 Å².